The van der Waals surface area contributed by atoms with Crippen LogP contribution in [0, 0.1) is 0 Å². The van der Waals surface area contributed by atoms with Crippen molar-refractivity contribution in [2.75, 3.05) is 17.2 Å². The molecule has 1 aliphatic rings. The number of fused-ring (bicyclic) bond motifs is 2. The second-order valence-corrected chi connectivity index (χ2v) is 6.72. The minimum absolute atomic E-state index is 0. The van der Waals surface area contributed by atoms with Gasteiger partial charge in [-0.2, -0.15) is 0 Å². The van der Waals surface area contributed by atoms with E-state index in [0.717, 1.165) is 17.8 Å². The molecule has 22 heavy (non-hydrogen) atoms. The van der Waals surface area contributed by atoms with E-state index in [1.165, 1.54) is 11.1 Å². The zero-order valence-electron chi connectivity index (χ0n) is 12.5. The van der Waals surface area contributed by atoms with Gasteiger partial charge in [-0.15, -0.1) is 0 Å². The third-order valence-electron chi connectivity index (χ3n) is 3.72. The van der Waals surface area contributed by atoms with Gasteiger partial charge in [0.1, 0.15) is 0 Å². The van der Waals surface area contributed by atoms with Gasteiger partial charge in [-0.1, -0.05) is 36.4 Å². The van der Waals surface area contributed by atoms with Gasteiger partial charge in [-0.25, -0.2) is 8.42 Å². The van der Waals surface area contributed by atoms with Crippen molar-refractivity contribution in [1.29, 1.82) is 0 Å². The molecule has 0 unspecified atom stereocenters. The van der Waals surface area contributed by atoms with Crippen LogP contribution in [0.25, 0.3) is 0 Å². The SMILES string of the molecule is O=S(=O)([O-])CCCN1c2ccccc2Cc2ccccc21.[Na+]. The van der Waals surface area contributed by atoms with Gasteiger partial charge >= 0.3 is 29.6 Å². The summed E-state index contributed by atoms with van der Waals surface area (Å²) in [6.07, 6.45) is 1.21. The van der Waals surface area contributed by atoms with E-state index in [-0.39, 0.29) is 35.3 Å². The molecule has 0 bridgehead atoms. The van der Waals surface area contributed by atoms with Crippen molar-refractivity contribution in [3.8, 4) is 0 Å². The summed E-state index contributed by atoms with van der Waals surface area (Å²) < 4.78 is 32.4. The summed E-state index contributed by atoms with van der Waals surface area (Å²) in [4.78, 5) is 2.11. The van der Waals surface area contributed by atoms with Crippen molar-refractivity contribution < 1.29 is 42.5 Å². The van der Waals surface area contributed by atoms with Crippen LogP contribution in [0.5, 0.6) is 0 Å². The summed E-state index contributed by atoms with van der Waals surface area (Å²) in [5.74, 6) is -0.326. The van der Waals surface area contributed by atoms with E-state index >= 15 is 0 Å². The van der Waals surface area contributed by atoms with Crippen molar-refractivity contribution in [2.45, 2.75) is 12.8 Å². The van der Waals surface area contributed by atoms with Crippen LogP contribution in [-0.2, 0) is 16.5 Å². The molecular formula is C16H16NNaO3S. The smallest absolute Gasteiger partial charge is 0.748 e. The largest absolute Gasteiger partial charge is 1.00 e. The van der Waals surface area contributed by atoms with Gasteiger partial charge in [0.05, 0.1) is 10.1 Å². The maximum Gasteiger partial charge on any atom is 1.00 e. The molecule has 0 aliphatic carbocycles. The van der Waals surface area contributed by atoms with E-state index in [9.17, 15) is 13.0 Å². The van der Waals surface area contributed by atoms with E-state index in [1.807, 2.05) is 36.4 Å². The summed E-state index contributed by atoms with van der Waals surface area (Å²) in [5, 5.41) is 0. The summed E-state index contributed by atoms with van der Waals surface area (Å²) in [6, 6.07) is 16.2. The molecule has 1 aliphatic heterocycles. The van der Waals surface area contributed by atoms with Gasteiger partial charge in [-0.3, -0.25) is 0 Å². The molecule has 0 aromatic heterocycles. The summed E-state index contributed by atoms with van der Waals surface area (Å²) in [7, 11) is -4.16. The third-order valence-corrected chi connectivity index (χ3v) is 4.51. The van der Waals surface area contributed by atoms with Gasteiger partial charge in [0.25, 0.3) is 0 Å². The number of hydrogen-bond donors (Lipinski definition) is 0. The van der Waals surface area contributed by atoms with Gasteiger partial charge in [-0.05, 0) is 29.7 Å². The number of rotatable bonds is 4. The van der Waals surface area contributed by atoms with Crippen LogP contribution in [-0.4, -0.2) is 25.3 Å². The Balaban J connectivity index is 0.00000176. The first-order valence-electron chi connectivity index (χ1n) is 6.91. The van der Waals surface area contributed by atoms with Crippen LogP contribution in [0.15, 0.2) is 48.5 Å². The molecule has 1 heterocycles. The first-order chi connectivity index (χ1) is 10.0. The molecule has 6 heteroatoms. The molecule has 3 rings (SSSR count). The molecule has 0 atom stereocenters. The minimum Gasteiger partial charge on any atom is -0.748 e. The van der Waals surface area contributed by atoms with E-state index in [0.29, 0.717) is 13.0 Å². The van der Waals surface area contributed by atoms with E-state index in [2.05, 4.69) is 17.0 Å². The van der Waals surface area contributed by atoms with E-state index < -0.39 is 10.1 Å². The maximum absolute atomic E-state index is 10.8. The normalized spacial score (nSPS) is 13.0. The Morgan fingerprint density at radius 3 is 1.95 bits per heavy atom. The summed E-state index contributed by atoms with van der Waals surface area (Å²) in [6.45, 7) is 0.523. The first kappa shape index (κ1) is 17.5. The fraction of sp³-hybridized carbons (Fsp3) is 0.250. The van der Waals surface area contributed by atoms with Crippen molar-refractivity contribution in [3.05, 3.63) is 59.7 Å². The van der Waals surface area contributed by atoms with Gasteiger partial charge in [0.2, 0.25) is 0 Å². The standard InChI is InChI=1S/C16H17NO3S.Na/c18-21(19,20)11-5-10-17-15-8-3-1-6-13(15)12-14-7-2-4-9-16(14)17;/h1-4,6-9H,5,10-12H2,(H,18,19,20);/q;+1/p-1. The van der Waals surface area contributed by atoms with Crippen LogP contribution in [0.3, 0.4) is 0 Å². The maximum atomic E-state index is 10.8. The fourth-order valence-electron chi connectivity index (χ4n) is 2.82. The number of nitrogens with zero attached hydrogens (tertiary/aromatic N) is 1. The second kappa shape index (κ2) is 7.15. The zero-order valence-corrected chi connectivity index (χ0v) is 15.3. The zero-order chi connectivity index (χ0) is 14.9. The topological polar surface area (TPSA) is 60.4 Å². The molecule has 0 radical (unpaired) electrons. The molecule has 2 aromatic rings. The minimum atomic E-state index is -4.16. The molecule has 2 aromatic carbocycles. The molecule has 0 saturated heterocycles. The Morgan fingerprint density at radius 2 is 1.45 bits per heavy atom. The molecule has 0 amide bonds. The number of benzene rings is 2. The molecular weight excluding hydrogens is 309 g/mol. The average Bonchev–Trinajstić information content (AvgIpc) is 2.45. The number of hydrogen-bond acceptors (Lipinski definition) is 4. The van der Waals surface area contributed by atoms with Gasteiger partial charge in [0.15, 0.2) is 0 Å². The molecule has 0 spiro atoms. The molecule has 0 N–H and O–H groups in total. The van der Waals surface area contributed by atoms with Crippen LogP contribution in [0.4, 0.5) is 11.4 Å². The van der Waals surface area contributed by atoms with Gasteiger partial charge in [0, 0.05) is 30.1 Å². The quantitative estimate of drug-likeness (QED) is 0.570. The van der Waals surface area contributed by atoms with Gasteiger partial charge < -0.3 is 9.45 Å². The van der Waals surface area contributed by atoms with Crippen LogP contribution in [0.2, 0.25) is 0 Å². The Hall–Kier alpha value is -0.850. The molecule has 0 fully saturated rings. The van der Waals surface area contributed by atoms with Crippen LogP contribution < -0.4 is 34.5 Å². The van der Waals surface area contributed by atoms with E-state index in [4.69, 9.17) is 0 Å². The Kier molecular flexibility index (Phi) is 5.69. The van der Waals surface area contributed by atoms with Crippen molar-refractivity contribution >= 4 is 21.5 Å². The van der Waals surface area contributed by atoms with Crippen molar-refractivity contribution in [1.82, 2.24) is 0 Å². The van der Waals surface area contributed by atoms with Crippen molar-refractivity contribution in [3.63, 3.8) is 0 Å². The predicted octanol–water partition coefficient (Wildman–Crippen LogP) is -0.332. The Labute approximate surface area is 153 Å². The molecule has 110 valence electrons. The number of anilines is 2. The second-order valence-electron chi connectivity index (χ2n) is 5.20. The summed E-state index contributed by atoms with van der Waals surface area (Å²) >= 11 is 0. The summed E-state index contributed by atoms with van der Waals surface area (Å²) in [5.41, 5.74) is 4.64. The van der Waals surface area contributed by atoms with Crippen LogP contribution in [0.1, 0.15) is 17.5 Å². The molecule has 0 saturated carbocycles. The van der Waals surface area contributed by atoms with Crippen molar-refractivity contribution in [2.24, 2.45) is 0 Å². The predicted molar refractivity (Wildman–Crippen MR) is 81.9 cm³/mol. The molecule has 4 nitrogen and oxygen atoms in total. The third kappa shape index (κ3) is 3.91. The monoisotopic (exact) mass is 325 g/mol. The average molecular weight is 325 g/mol. The van der Waals surface area contributed by atoms with E-state index in [1.54, 1.807) is 0 Å². The Morgan fingerprint density at radius 1 is 0.955 bits per heavy atom. The first-order valence-corrected chi connectivity index (χ1v) is 8.49. The fourth-order valence-corrected chi connectivity index (χ4v) is 3.31. The Bertz CT molecular complexity index is 716. The van der Waals surface area contributed by atoms with Crippen LogP contribution >= 0.6 is 0 Å². The number of para-hydroxylation sites is 2.